The number of halogens is 3. The van der Waals surface area contributed by atoms with Crippen LogP contribution in [-0.2, 0) is 6.54 Å². The van der Waals surface area contributed by atoms with Crippen LogP contribution in [0.25, 0.3) is 0 Å². The summed E-state index contributed by atoms with van der Waals surface area (Å²) in [4.78, 5) is 12.1. The number of carbonyl (C=O) groups is 1. The molecule has 4 nitrogen and oxygen atoms in total. The molecule has 0 aliphatic heterocycles. The molecule has 0 saturated carbocycles. The van der Waals surface area contributed by atoms with E-state index in [0.717, 1.165) is 0 Å². The summed E-state index contributed by atoms with van der Waals surface area (Å²) < 4.78 is 42.0. The highest BCUT2D eigenvalue weighted by molar-refractivity contribution is 5.90. The van der Waals surface area contributed by atoms with Crippen molar-refractivity contribution in [3.05, 3.63) is 29.3 Å². The minimum atomic E-state index is -4.26. The lowest BCUT2D eigenvalue weighted by molar-refractivity contribution is -0.146. The number of alkyl halides is 3. The summed E-state index contributed by atoms with van der Waals surface area (Å²) in [6.45, 7) is 0.940. The Balaban J connectivity index is 2.89. The average molecular weight is 291 g/mol. The molecule has 1 aromatic rings. The molecule has 0 fully saturated rings. The second kappa shape index (κ2) is 6.60. The number of methoxy groups -OCH3 is 1. The number of ether oxygens (including phenoxy) is 1. The van der Waals surface area contributed by atoms with Gasteiger partial charge in [0.1, 0.15) is 11.3 Å². The van der Waals surface area contributed by atoms with Crippen molar-refractivity contribution in [3.8, 4) is 5.75 Å². The molecule has 0 unspecified atom stereocenters. The van der Waals surface area contributed by atoms with Crippen LogP contribution in [0.1, 0.15) is 22.8 Å². The molecule has 0 bridgehead atoms. The number of hydrogen-bond acceptors (Lipinski definition) is 3. The third-order valence-electron chi connectivity index (χ3n) is 2.75. The molecular formula is C13H16F3NO3. The lowest BCUT2D eigenvalue weighted by Crippen LogP contribution is -2.33. The van der Waals surface area contributed by atoms with E-state index < -0.39 is 18.7 Å². The Morgan fingerprint density at radius 3 is 2.50 bits per heavy atom. The molecule has 0 saturated heterocycles. The van der Waals surface area contributed by atoms with Crippen molar-refractivity contribution >= 4 is 5.97 Å². The van der Waals surface area contributed by atoms with E-state index in [1.165, 1.54) is 30.2 Å². The maximum Gasteiger partial charge on any atom is 0.401 e. The van der Waals surface area contributed by atoms with Gasteiger partial charge in [-0.05, 0) is 24.2 Å². The molecule has 0 amide bonds. The molecule has 1 aromatic carbocycles. The van der Waals surface area contributed by atoms with Gasteiger partial charge in [-0.3, -0.25) is 4.90 Å². The molecule has 112 valence electrons. The highest BCUT2D eigenvalue weighted by Crippen LogP contribution is 2.23. The second-order valence-electron chi connectivity index (χ2n) is 4.26. The molecule has 0 heterocycles. The van der Waals surface area contributed by atoms with Crippen LogP contribution in [0.15, 0.2) is 18.2 Å². The number of carboxylic acids is 1. The number of hydrogen-bond donors (Lipinski definition) is 1. The standard InChI is InChI=1S/C13H16F3NO3/c1-3-17(8-13(14,15)16)7-9-4-5-10(12(18)19)11(6-9)20-2/h4-6H,3,7-8H2,1-2H3,(H,18,19). The van der Waals surface area contributed by atoms with Gasteiger partial charge < -0.3 is 9.84 Å². The number of carboxylic acid groups (broad SMARTS) is 1. The van der Waals surface area contributed by atoms with Crippen LogP contribution in [0.5, 0.6) is 5.75 Å². The van der Waals surface area contributed by atoms with Crippen LogP contribution in [0.3, 0.4) is 0 Å². The van der Waals surface area contributed by atoms with Crippen LogP contribution < -0.4 is 4.74 Å². The fourth-order valence-electron chi connectivity index (χ4n) is 1.80. The van der Waals surface area contributed by atoms with E-state index >= 15 is 0 Å². The summed E-state index contributed by atoms with van der Waals surface area (Å²) in [5.41, 5.74) is 0.549. The number of rotatable bonds is 6. The second-order valence-corrected chi connectivity index (χ2v) is 4.26. The Bertz CT molecular complexity index is 474. The first kappa shape index (κ1) is 16.3. The van der Waals surface area contributed by atoms with E-state index in [1.54, 1.807) is 6.92 Å². The van der Waals surface area contributed by atoms with Crippen LogP contribution in [0.4, 0.5) is 13.2 Å². The molecular weight excluding hydrogens is 275 g/mol. The van der Waals surface area contributed by atoms with Crippen LogP contribution in [-0.4, -0.2) is 42.4 Å². The SMILES string of the molecule is CCN(Cc1ccc(C(=O)O)c(OC)c1)CC(F)(F)F. The first-order valence-corrected chi connectivity index (χ1v) is 5.96. The monoisotopic (exact) mass is 291 g/mol. The predicted octanol–water partition coefficient (Wildman–Crippen LogP) is 2.78. The normalized spacial score (nSPS) is 11.7. The molecule has 20 heavy (non-hydrogen) atoms. The number of nitrogens with zero attached hydrogens (tertiary/aromatic N) is 1. The van der Waals surface area contributed by atoms with Gasteiger partial charge in [-0.2, -0.15) is 13.2 Å². The lowest BCUT2D eigenvalue weighted by Gasteiger charge is -2.22. The predicted molar refractivity (Wildman–Crippen MR) is 67.0 cm³/mol. The van der Waals surface area contributed by atoms with Crippen molar-refractivity contribution < 1.29 is 27.8 Å². The topological polar surface area (TPSA) is 49.8 Å². The zero-order valence-electron chi connectivity index (χ0n) is 11.2. The van der Waals surface area contributed by atoms with E-state index in [4.69, 9.17) is 9.84 Å². The first-order valence-electron chi connectivity index (χ1n) is 5.96. The summed E-state index contributed by atoms with van der Waals surface area (Å²) in [7, 11) is 1.32. The lowest BCUT2D eigenvalue weighted by atomic mass is 10.1. The van der Waals surface area contributed by atoms with E-state index in [1.807, 2.05) is 0 Å². The fourth-order valence-corrected chi connectivity index (χ4v) is 1.80. The van der Waals surface area contributed by atoms with Crippen LogP contribution in [0.2, 0.25) is 0 Å². The van der Waals surface area contributed by atoms with Crippen molar-refractivity contribution in [1.29, 1.82) is 0 Å². The van der Waals surface area contributed by atoms with Gasteiger partial charge in [-0.1, -0.05) is 13.0 Å². The van der Waals surface area contributed by atoms with Crippen LogP contribution >= 0.6 is 0 Å². The van der Waals surface area contributed by atoms with Crippen molar-refractivity contribution in [2.45, 2.75) is 19.6 Å². The highest BCUT2D eigenvalue weighted by Gasteiger charge is 2.30. The Labute approximate surface area is 114 Å². The van der Waals surface area contributed by atoms with Gasteiger partial charge in [-0.15, -0.1) is 0 Å². The average Bonchev–Trinajstić information content (AvgIpc) is 2.35. The fraction of sp³-hybridized carbons (Fsp3) is 0.462. The molecule has 1 rings (SSSR count). The van der Waals surface area contributed by atoms with E-state index in [2.05, 4.69) is 0 Å². The van der Waals surface area contributed by atoms with Crippen molar-refractivity contribution in [2.75, 3.05) is 20.2 Å². The molecule has 0 spiro atoms. The van der Waals surface area contributed by atoms with Gasteiger partial charge in [0.05, 0.1) is 13.7 Å². The zero-order valence-corrected chi connectivity index (χ0v) is 11.2. The summed E-state index contributed by atoms with van der Waals surface area (Å²) in [6, 6.07) is 4.27. The molecule has 0 atom stereocenters. The molecule has 7 heteroatoms. The van der Waals surface area contributed by atoms with Gasteiger partial charge in [0.15, 0.2) is 0 Å². The Hall–Kier alpha value is -1.76. The smallest absolute Gasteiger partial charge is 0.401 e. The van der Waals surface area contributed by atoms with Crippen molar-refractivity contribution in [1.82, 2.24) is 4.90 Å². The third kappa shape index (κ3) is 4.73. The summed E-state index contributed by atoms with van der Waals surface area (Å²) in [6.07, 6.45) is -4.26. The number of benzene rings is 1. The van der Waals surface area contributed by atoms with Crippen molar-refractivity contribution in [3.63, 3.8) is 0 Å². The summed E-state index contributed by atoms with van der Waals surface area (Å²) in [5, 5.41) is 8.93. The molecule has 0 radical (unpaired) electrons. The molecule has 1 N–H and O–H groups in total. The quantitative estimate of drug-likeness (QED) is 0.875. The van der Waals surface area contributed by atoms with Crippen LogP contribution in [0, 0.1) is 0 Å². The first-order chi connectivity index (χ1) is 9.26. The maximum atomic E-state index is 12.4. The number of aromatic carboxylic acids is 1. The summed E-state index contributed by atoms with van der Waals surface area (Å²) in [5.74, 6) is -1.01. The van der Waals surface area contributed by atoms with Gasteiger partial charge in [0, 0.05) is 6.54 Å². The van der Waals surface area contributed by atoms with E-state index in [9.17, 15) is 18.0 Å². The summed E-state index contributed by atoms with van der Waals surface area (Å²) >= 11 is 0. The molecule has 0 aliphatic rings. The molecule has 0 aromatic heterocycles. The van der Waals surface area contributed by atoms with E-state index in [0.29, 0.717) is 5.56 Å². The highest BCUT2D eigenvalue weighted by atomic mass is 19.4. The molecule has 0 aliphatic carbocycles. The van der Waals surface area contributed by atoms with E-state index in [-0.39, 0.29) is 24.4 Å². The minimum Gasteiger partial charge on any atom is -0.496 e. The zero-order chi connectivity index (χ0) is 15.3. The Morgan fingerprint density at radius 2 is 2.05 bits per heavy atom. The maximum absolute atomic E-state index is 12.4. The largest absolute Gasteiger partial charge is 0.496 e. The third-order valence-corrected chi connectivity index (χ3v) is 2.75. The Kier molecular flexibility index (Phi) is 5.38. The Morgan fingerprint density at radius 1 is 1.40 bits per heavy atom. The van der Waals surface area contributed by atoms with Gasteiger partial charge in [0.25, 0.3) is 0 Å². The van der Waals surface area contributed by atoms with Gasteiger partial charge in [0.2, 0.25) is 0 Å². The van der Waals surface area contributed by atoms with Gasteiger partial charge >= 0.3 is 12.1 Å². The minimum absolute atomic E-state index is 0.0184. The van der Waals surface area contributed by atoms with Gasteiger partial charge in [-0.25, -0.2) is 4.79 Å². The van der Waals surface area contributed by atoms with Crippen molar-refractivity contribution in [2.24, 2.45) is 0 Å².